The quantitative estimate of drug-likeness (QED) is 0.178. The van der Waals surface area contributed by atoms with Crippen molar-refractivity contribution in [3.8, 4) is 6.07 Å². The van der Waals surface area contributed by atoms with Gasteiger partial charge in [0.25, 0.3) is 5.91 Å². The molecule has 9 heteroatoms. The lowest BCUT2D eigenvalue weighted by atomic mass is 9.97. The largest absolute Gasteiger partial charge is 0.432 e. The van der Waals surface area contributed by atoms with Crippen molar-refractivity contribution >= 4 is 23.0 Å². The van der Waals surface area contributed by atoms with Crippen molar-refractivity contribution in [2.75, 3.05) is 17.2 Å². The molecule has 4 rings (SSSR count). The first-order valence-corrected chi connectivity index (χ1v) is 12.5. The van der Waals surface area contributed by atoms with Gasteiger partial charge in [0.2, 0.25) is 0 Å². The van der Waals surface area contributed by atoms with Crippen LogP contribution in [0.4, 0.5) is 24.5 Å². The summed E-state index contributed by atoms with van der Waals surface area (Å²) in [7, 11) is 0. The molecule has 1 amide bonds. The van der Waals surface area contributed by atoms with Gasteiger partial charge in [-0.1, -0.05) is 48.0 Å². The summed E-state index contributed by atoms with van der Waals surface area (Å²) in [6, 6.07) is 23.1. The second-order valence-corrected chi connectivity index (χ2v) is 9.56. The lowest BCUT2D eigenvalue weighted by molar-refractivity contribution is -0.112. The summed E-state index contributed by atoms with van der Waals surface area (Å²) in [6.07, 6.45) is -2.12. The van der Waals surface area contributed by atoms with E-state index >= 15 is 0 Å². The fourth-order valence-corrected chi connectivity index (χ4v) is 3.99. The number of aryl methyl sites for hydroxylation is 1. The van der Waals surface area contributed by atoms with Crippen LogP contribution in [0.2, 0.25) is 0 Å². The molecular formula is C30H28F3N5O. The van der Waals surface area contributed by atoms with E-state index in [0.29, 0.717) is 17.7 Å². The maximum atomic E-state index is 13.2. The zero-order valence-electron chi connectivity index (χ0n) is 21.3. The average Bonchev–Trinajstić information content (AvgIpc) is 3.74. The molecule has 1 aliphatic rings. The van der Waals surface area contributed by atoms with E-state index in [1.54, 1.807) is 18.2 Å². The van der Waals surface area contributed by atoms with Crippen molar-refractivity contribution in [3.63, 3.8) is 0 Å². The third-order valence-electron chi connectivity index (χ3n) is 6.31. The number of amides is 1. The van der Waals surface area contributed by atoms with Crippen LogP contribution in [0.5, 0.6) is 0 Å². The Morgan fingerprint density at radius 1 is 1.03 bits per heavy atom. The van der Waals surface area contributed by atoms with Gasteiger partial charge in [-0.3, -0.25) is 10.2 Å². The Hall–Kier alpha value is -4.42. The van der Waals surface area contributed by atoms with Crippen LogP contribution < -0.4 is 16.0 Å². The van der Waals surface area contributed by atoms with Crippen molar-refractivity contribution < 1.29 is 18.0 Å². The number of carbonyl (C=O) groups excluding carboxylic acids is 1. The summed E-state index contributed by atoms with van der Waals surface area (Å²) < 4.78 is 39.4. The number of allylic oxidation sites excluding steroid dienone is 1. The molecule has 1 aliphatic carbocycles. The maximum Gasteiger partial charge on any atom is 0.432 e. The predicted octanol–water partition coefficient (Wildman–Crippen LogP) is 6.47. The van der Waals surface area contributed by atoms with Crippen molar-refractivity contribution in [1.82, 2.24) is 5.32 Å². The SMILES string of the molecule is Cc1ccc(C(NCC2CC2)c2cccc(NC(=O)/C(=C/C(=N)C(F)(F)F)Nc3cccc(C#N)c3)c2)cc1. The Morgan fingerprint density at radius 3 is 2.33 bits per heavy atom. The molecule has 0 bridgehead atoms. The van der Waals surface area contributed by atoms with Crippen molar-refractivity contribution in [2.45, 2.75) is 32.0 Å². The van der Waals surface area contributed by atoms with Gasteiger partial charge in [-0.05, 0) is 79.8 Å². The summed E-state index contributed by atoms with van der Waals surface area (Å²) in [4.78, 5) is 13.2. The molecule has 0 heterocycles. The van der Waals surface area contributed by atoms with Gasteiger partial charge in [0.1, 0.15) is 11.4 Å². The fourth-order valence-electron chi connectivity index (χ4n) is 3.99. The minimum absolute atomic E-state index is 0.136. The van der Waals surface area contributed by atoms with E-state index in [-0.39, 0.29) is 17.3 Å². The standard InChI is InChI=1S/C30H28F3N5O/c1-19-8-12-22(13-9-19)28(36-18-20-10-11-20)23-5-3-7-25(15-23)38-29(39)26(16-27(35)30(31,32)33)37-24-6-2-4-21(14-24)17-34/h2-9,12-16,20,28,35-37H,10-11,18H2,1H3,(H,38,39)/b26-16-,35-27?. The highest BCUT2D eigenvalue weighted by Crippen LogP contribution is 2.31. The van der Waals surface area contributed by atoms with Gasteiger partial charge in [-0.15, -0.1) is 0 Å². The van der Waals surface area contributed by atoms with Crippen LogP contribution in [0.25, 0.3) is 0 Å². The van der Waals surface area contributed by atoms with E-state index in [1.807, 2.05) is 43.3 Å². The van der Waals surface area contributed by atoms with Gasteiger partial charge in [0.15, 0.2) is 0 Å². The summed E-state index contributed by atoms with van der Waals surface area (Å²) in [5.74, 6) is -0.218. The highest BCUT2D eigenvalue weighted by Gasteiger charge is 2.33. The number of anilines is 2. The molecule has 6 nitrogen and oxygen atoms in total. The van der Waals surface area contributed by atoms with Crippen LogP contribution in [-0.2, 0) is 4.79 Å². The molecule has 39 heavy (non-hydrogen) atoms. The fraction of sp³-hybridized carbons (Fsp3) is 0.233. The maximum absolute atomic E-state index is 13.2. The van der Waals surface area contributed by atoms with Gasteiger partial charge < -0.3 is 16.0 Å². The summed E-state index contributed by atoms with van der Waals surface area (Å²) >= 11 is 0. The van der Waals surface area contributed by atoms with Crippen LogP contribution >= 0.6 is 0 Å². The van der Waals surface area contributed by atoms with E-state index in [9.17, 15) is 18.0 Å². The van der Waals surface area contributed by atoms with E-state index < -0.39 is 23.5 Å². The van der Waals surface area contributed by atoms with Crippen LogP contribution in [-0.4, -0.2) is 24.3 Å². The average molecular weight is 532 g/mol. The number of nitrogens with one attached hydrogen (secondary N) is 4. The molecule has 0 radical (unpaired) electrons. The lowest BCUT2D eigenvalue weighted by Gasteiger charge is -2.21. The topological polar surface area (TPSA) is 101 Å². The monoisotopic (exact) mass is 531 g/mol. The van der Waals surface area contributed by atoms with E-state index in [1.165, 1.54) is 37.1 Å². The molecule has 1 atom stereocenters. The van der Waals surface area contributed by atoms with Crippen LogP contribution in [0.1, 0.15) is 41.1 Å². The van der Waals surface area contributed by atoms with Crippen molar-refractivity contribution in [3.05, 3.63) is 107 Å². The Balaban J connectivity index is 1.60. The molecule has 4 N–H and O–H groups in total. The molecule has 200 valence electrons. The van der Waals surface area contributed by atoms with Crippen LogP contribution in [0.15, 0.2) is 84.6 Å². The van der Waals surface area contributed by atoms with Crippen LogP contribution in [0, 0.1) is 29.6 Å². The Labute approximate surface area is 225 Å². The predicted molar refractivity (Wildman–Crippen MR) is 145 cm³/mol. The Morgan fingerprint density at radius 2 is 1.69 bits per heavy atom. The second kappa shape index (κ2) is 12.0. The minimum atomic E-state index is -4.93. The molecule has 3 aromatic carbocycles. The molecule has 3 aromatic rings. The van der Waals surface area contributed by atoms with Crippen molar-refractivity contribution in [2.24, 2.45) is 5.92 Å². The Bertz CT molecular complexity index is 1420. The number of nitriles is 1. The van der Waals surface area contributed by atoms with Gasteiger partial charge >= 0.3 is 6.18 Å². The van der Waals surface area contributed by atoms with E-state index in [4.69, 9.17) is 10.7 Å². The van der Waals surface area contributed by atoms with Gasteiger partial charge in [-0.25, -0.2) is 0 Å². The Kier molecular flexibility index (Phi) is 8.47. The number of hydrogen-bond donors (Lipinski definition) is 4. The number of carbonyl (C=O) groups is 1. The zero-order valence-corrected chi connectivity index (χ0v) is 21.3. The molecular weight excluding hydrogens is 503 g/mol. The molecule has 0 spiro atoms. The number of benzene rings is 3. The minimum Gasteiger partial charge on any atom is -0.351 e. The van der Waals surface area contributed by atoms with Gasteiger partial charge in [0, 0.05) is 11.4 Å². The van der Waals surface area contributed by atoms with Crippen LogP contribution in [0.3, 0.4) is 0 Å². The highest BCUT2D eigenvalue weighted by molar-refractivity contribution is 6.11. The summed E-state index contributed by atoms with van der Waals surface area (Å²) in [5, 5.41) is 25.4. The van der Waals surface area contributed by atoms with Gasteiger partial charge in [-0.2, -0.15) is 18.4 Å². The first-order valence-electron chi connectivity index (χ1n) is 12.5. The molecule has 0 saturated heterocycles. The molecule has 1 unspecified atom stereocenters. The van der Waals surface area contributed by atoms with Crippen molar-refractivity contribution in [1.29, 1.82) is 10.7 Å². The number of halogens is 3. The number of alkyl halides is 3. The second-order valence-electron chi connectivity index (χ2n) is 9.56. The normalized spacial score (nSPS) is 14.3. The first-order chi connectivity index (χ1) is 18.6. The number of hydrogen-bond acceptors (Lipinski definition) is 5. The smallest absolute Gasteiger partial charge is 0.351 e. The highest BCUT2D eigenvalue weighted by atomic mass is 19.4. The van der Waals surface area contributed by atoms with Gasteiger partial charge in [0.05, 0.1) is 17.7 Å². The van der Waals surface area contributed by atoms with E-state index in [2.05, 4.69) is 16.0 Å². The zero-order chi connectivity index (χ0) is 28.0. The summed E-state index contributed by atoms with van der Waals surface area (Å²) in [6.45, 7) is 2.87. The third kappa shape index (κ3) is 7.79. The molecule has 0 aliphatic heterocycles. The molecule has 0 aromatic heterocycles. The van der Waals surface area contributed by atoms with E-state index in [0.717, 1.165) is 23.2 Å². The lowest BCUT2D eigenvalue weighted by Crippen LogP contribution is -2.26. The third-order valence-corrected chi connectivity index (χ3v) is 6.31. The summed E-state index contributed by atoms with van der Waals surface area (Å²) in [5.41, 5.74) is 1.80. The molecule has 1 fully saturated rings. The first kappa shape index (κ1) is 27.6. The molecule has 1 saturated carbocycles. The number of nitrogens with zero attached hydrogens (tertiary/aromatic N) is 1. The number of rotatable bonds is 10.